The molecule has 2 aliphatic rings. The standard InChI is InChI=1S/C24H36O3/c1-7-9-10-11-16-14-18(25)21-19(15-16)27-24(5,6)17-12-13-23(3,4)22(20(17)21)26-8-2/h14-15,22,25H,7-13H2,1-6H3/t22-/m1/s1. The van der Waals surface area contributed by atoms with Crippen molar-refractivity contribution >= 4 is 5.57 Å². The molecule has 0 spiro atoms. The number of fused-ring (bicyclic) bond motifs is 2. The molecule has 3 rings (SSSR count). The van der Waals surface area contributed by atoms with E-state index in [0.29, 0.717) is 12.4 Å². The van der Waals surface area contributed by atoms with E-state index >= 15 is 0 Å². The molecule has 0 saturated carbocycles. The minimum Gasteiger partial charge on any atom is -0.507 e. The van der Waals surface area contributed by atoms with Gasteiger partial charge in [0.05, 0.1) is 11.7 Å². The summed E-state index contributed by atoms with van der Waals surface area (Å²) in [5.41, 5.74) is 4.12. The zero-order valence-electron chi connectivity index (χ0n) is 17.9. The van der Waals surface area contributed by atoms with Crippen LogP contribution in [0.5, 0.6) is 11.5 Å². The van der Waals surface area contributed by atoms with Crippen LogP contribution in [0.3, 0.4) is 0 Å². The molecule has 0 unspecified atom stereocenters. The van der Waals surface area contributed by atoms with Gasteiger partial charge in [-0.1, -0.05) is 33.6 Å². The molecule has 0 amide bonds. The van der Waals surface area contributed by atoms with Gasteiger partial charge in [0, 0.05) is 6.61 Å². The fourth-order valence-electron chi connectivity index (χ4n) is 4.71. The number of rotatable bonds is 6. The van der Waals surface area contributed by atoms with Crippen LogP contribution in [0, 0.1) is 5.41 Å². The number of hydrogen-bond acceptors (Lipinski definition) is 3. The predicted octanol–water partition coefficient (Wildman–Crippen LogP) is 6.27. The van der Waals surface area contributed by atoms with Crippen molar-refractivity contribution < 1.29 is 14.6 Å². The molecule has 0 radical (unpaired) electrons. The summed E-state index contributed by atoms with van der Waals surface area (Å²) in [6.45, 7) is 13.8. The fourth-order valence-corrected chi connectivity index (χ4v) is 4.71. The Labute approximate surface area is 164 Å². The van der Waals surface area contributed by atoms with Crippen LogP contribution in [0.1, 0.15) is 84.8 Å². The predicted molar refractivity (Wildman–Crippen MR) is 111 cm³/mol. The van der Waals surface area contributed by atoms with Crippen molar-refractivity contribution in [2.24, 2.45) is 5.41 Å². The van der Waals surface area contributed by atoms with Crippen LogP contribution in [0.2, 0.25) is 0 Å². The second-order valence-electron chi connectivity index (χ2n) is 9.27. The smallest absolute Gasteiger partial charge is 0.132 e. The quantitative estimate of drug-likeness (QED) is 0.598. The highest BCUT2D eigenvalue weighted by Crippen LogP contribution is 2.55. The van der Waals surface area contributed by atoms with Crippen LogP contribution >= 0.6 is 0 Å². The van der Waals surface area contributed by atoms with Crippen molar-refractivity contribution in [2.45, 2.75) is 91.8 Å². The first-order valence-corrected chi connectivity index (χ1v) is 10.6. The Hall–Kier alpha value is -1.48. The number of aromatic hydroxyl groups is 1. The first-order valence-electron chi connectivity index (χ1n) is 10.6. The van der Waals surface area contributed by atoms with E-state index in [4.69, 9.17) is 9.47 Å². The molecule has 3 nitrogen and oxygen atoms in total. The Morgan fingerprint density at radius 2 is 1.89 bits per heavy atom. The molecule has 150 valence electrons. The lowest BCUT2D eigenvalue weighted by molar-refractivity contribution is 0.00384. The van der Waals surface area contributed by atoms with Gasteiger partial charge >= 0.3 is 0 Å². The SMILES string of the molecule is CCCCCc1cc(O)c2c(c1)OC(C)(C)C1=C2[C@@H](OCC)C(C)(C)CC1. The average molecular weight is 373 g/mol. The molecular formula is C24H36O3. The van der Waals surface area contributed by atoms with Crippen molar-refractivity contribution in [3.05, 3.63) is 28.8 Å². The minimum atomic E-state index is -0.372. The number of phenolic OH excluding ortho intramolecular Hbond substituents is 1. The maximum absolute atomic E-state index is 11.0. The van der Waals surface area contributed by atoms with Gasteiger partial charge in [-0.25, -0.2) is 0 Å². The van der Waals surface area contributed by atoms with Gasteiger partial charge in [-0.2, -0.15) is 0 Å². The highest BCUT2D eigenvalue weighted by Gasteiger charge is 2.47. The van der Waals surface area contributed by atoms with Crippen molar-refractivity contribution in [3.63, 3.8) is 0 Å². The average Bonchev–Trinajstić information content (AvgIpc) is 2.56. The zero-order chi connectivity index (χ0) is 19.8. The Bertz CT molecular complexity index is 727. The lowest BCUT2D eigenvalue weighted by Gasteiger charge is -2.48. The van der Waals surface area contributed by atoms with Crippen LogP contribution in [0.4, 0.5) is 0 Å². The van der Waals surface area contributed by atoms with Crippen molar-refractivity contribution in [1.82, 2.24) is 0 Å². The van der Waals surface area contributed by atoms with Crippen molar-refractivity contribution in [2.75, 3.05) is 6.61 Å². The highest BCUT2D eigenvalue weighted by molar-refractivity contribution is 5.84. The molecule has 1 aliphatic carbocycles. The third kappa shape index (κ3) is 3.76. The second kappa shape index (κ2) is 7.50. The van der Waals surface area contributed by atoms with Gasteiger partial charge in [-0.3, -0.25) is 0 Å². The summed E-state index contributed by atoms with van der Waals surface area (Å²) >= 11 is 0. The van der Waals surface area contributed by atoms with Crippen LogP contribution in [0.25, 0.3) is 5.57 Å². The van der Waals surface area contributed by atoms with Crippen molar-refractivity contribution in [3.8, 4) is 11.5 Å². The van der Waals surface area contributed by atoms with Gasteiger partial charge < -0.3 is 14.6 Å². The molecule has 27 heavy (non-hydrogen) atoms. The summed E-state index contributed by atoms with van der Waals surface area (Å²) in [5.74, 6) is 1.15. The van der Waals surface area contributed by atoms with E-state index in [2.05, 4.69) is 40.7 Å². The van der Waals surface area contributed by atoms with E-state index < -0.39 is 0 Å². The van der Waals surface area contributed by atoms with Crippen LogP contribution in [-0.4, -0.2) is 23.4 Å². The molecule has 0 aromatic heterocycles. The molecule has 1 aromatic rings. The van der Waals surface area contributed by atoms with Gasteiger partial charge in [0.25, 0.3) is 0 Å². The number of benzene rings is 1. The third-order valence-electron chi connectivity index (χ3n) is 6.22. The van der Waals surface area contributed by atoms with E-state index in [1.54, 1.807) is 0 Å². The molecule has 1 aromatic carbocycles. The first-order chi connectivity index (χ1) is 12.7. The van der Waals surface area contributed by atoms with E-state index in [-0.39, 0.29) is 17.1 Å². The molecular weight excluding hydrogens is 336 g/mol. The molecule has 1 aliphatic heterocycles. The molecule has 0 bridgehead atoms. The van der Waals surface area contributed by atoms with E-state index in [1.165, 1.54) is 18.4 Å². The largest absolute Gasteiger partial charge is 0.507 e. The molecule has 0 fully saturated rings. The first kappa shape index (κ1) is 20.3. The number of unbranched alkanes of at least 4 members (excludes halogenated alkanes) is 2. The number of phenols is 1. The molecule has 1 heterocycles. The number of hydrogen-bond donors (Lipinski definition) is 1. The van der Waals surface area contributed by atoms with E-state index in [1.807, 2.05) is 13.0 Å². The summed E-state index contributed by atoms with van der Waals surface area (Å²) in [5, 5.41) is 11.0. The molecule has 1 N–H and O–H groups in total. The zero-order valence-corrected chi connectivity index (χ0v) is 17.9. The normalized spacial score (nSPS) is 22.8. The van der Waals surface area contributed by atoms with Crippen LogP contribution in [-0.2, 0) is 11.2 Å². The summed E-state index contributed by atoms with van der Waals surface area (Å²) < 4.78 is 12.7. The van der Waals surface area contributed by atoms with E-state index in [0.717, 1.165) is 48.1 Å². The fraction of sp³-hybridized carbons (Fsp3) is 0.667. The number of aryl methyl sites for hydroxylation is 1. The monoisotopic (exact) mass is 372 g/mol. The Morgan fingerprint density at radius 1 is 1.15 bits per heavy atom. The summed E-state index contributed by atoms with van der Waals surface area (Å²) in [7, 11) is 0. The van der Waals surface area contributed by atoms with Gasteiger partial charge in [0.15, 0.2) is 0 Å². The lowest BCUT2D eigenvalue weighted by Crippen LogP contribution is -2.44. The maximum atomic E-state index is 11.0. The Balaban J connectivity index is 2.11. The number of ether oxygens (including phenoxy) is 2. The van der Waals surface area contributed by atoms with Crippen LogP contribution < -0.4 is 4.74 Å². The summed E-state index contributed by atoms with van der Waals surface area (Å²) in [6.07, 6.45) is 6.54. The Kier molecular flexibility index (Phi) is 5.63. The lowest BCUT2D eigenvalue weighted by atomic mass is 9.66. The second-order valence-corrected chi connectivity index (χ2v) is 9.27. The van der Waals surface area contributed by atoms with Gasteiger partial charge in [-0.05, 0) is 80.7 Å². The van der Waals surface area contributed by atoms with Crippen LogP contribution in [0.15, 0.2) is 17.7 Å². The topological polar surface area (TPSA) is 38.7 Å². The molecule has 0 saturated heterocycles. The maximum Gasteiger partial charge on any atom is 0.132 e. The summed E-state index contributed by atoms with van der Waals surface area (Å²) in [6, 6.07) is 4.08. The summed E-state index contributed by atoms with van der Waals surface area (Å²) in [4.78, 5) is 0. The highest BCUT2D eigenvalue weighted by atomic mass is 16.5. The van der Waals surface area contributed by atoms with Gasteiger partial charge in [-0.15, -0.1) is 0 Å². The van der Waals surface area contributed by atoms with E-state index in [9.17, 15) is 5.11 Å². The minimum absolute atomic E-state index is 0.0231. The van der Waals surface area contributed by atoms with Gasteiger partial charge in [0.2, 0.25) is 0 Å². The van der Waals surface area contributed by atoms with Gasteiger partial charge in [0.1, 0.15) is 17.1 Å². The third-order valence-corrected chi connectivity index (χ3v) is 6.22. The molecule has 3 heteroatoms. The van der Waals surface area contributed by atoms with Crippen molar-refractivity contribution in [1.29, 1.82) is 0 Å². The molecule has 1 atom stereocenters. The Morgan fingerprint density at radius 3 is 2.56 bits per heavy atom.